The number of hydrogen-bond acceptors (Lipinski definition) is 7. The summed E-state index contributed by atoms with van der Waals surface area (Å²) in [6.45, 7) is 6.52. The van der Waals surface area contributed by atoms with E-state index in [1.54, 1.807) is 43.0 Å². The quantitative estimate of drug-likeness (QED) is 0.498. The van der Waals surface area contributed by atoms with Crippen LogP contribution in [0.2, 0.25) is 0 Å². The van der Waals surface area contributed by atoms with Gasteiger partial charge in [0.2, 0.25) is 5.88 Å². The minimum atomic E-state index is -0.973. The second kappa shape index (κ2) is 12.0. The van der Waals surface area contributed by atoms with Gasteiger partial charge in [-0.1, -0.05) is 30.9 Å². The number of nitrogens with zero attached hydrogens (tertiary/aromatic N) is 3. The minimum Gasteiger partial charge on any atom is -0.478 e. The van der Waals surface area contributed by atoms with Gasteiger partial charge in [-0.05, 0) is 44.7 Å². The zero-order valence-corrected chi connectivity index (χ0v) is 21.0. The highest BCUT2D eigenvalue weighted by Gasteiger charge is 2.34. The molecule has 2 aromatic rings. The van der Waals surface area contributed by atoms with Gasteiger partial charge in [-0.25, -0.2) is 9.78 Å². The summed E-state index contributed by atoms with van der Waals surface area (Å²) in [6, 6.07) is 8.00. The van der Waals surface area contributed by atoms with E-state index >= 15 is 0 Å². The van der Waals surface area contributed by atoms with E-state index in [1.807, 2.05) is 24.9 Å². The molecule has 36 heavy (non-hydrogen) atoms. The summed E-state index contributed by atoms with van der Waals surface area (Å²) < 4.78 is 6.28. The molecule has 0 fully saturated rings. The highest BCUT2D eigenvalue weighted by Crippen LogP contribution is 2.27. The number of carboxylic acid groups (broad SMARTS) is 1. The second-order valence-electron chi connectivity index (χ2n) is 9.35. The van der Waals surface area contributed by atoms with E-state index < -0.39 is 18.1 Å². The van der Waals surface area contributed by atoms with E-state index in [-0.39, 0.29) is 41.5 Å². The van der Waals surface area contributed by atoms with Gasteiger partial charge in [0.15, 0.2) is 0 Å². The molecule has 9 nitrogen and oxygen atoms in total. The molecule has 1 aliphatic rings. The number of fused-ring (bicyclic) bond motifs is 1. The van der Waals surface area contributed by atoms with Crippen molar-refractivity contribution >= 4 is 11.9 Å². The number of carboxylic acids is 1. The van der Waals surface area contributed by atoms with Gasteiger partial charge in [0.25, 0.3) is 5.91 Å². The SMILES string of the molecule is C[C@H](CO)N1C[C@H](C)[C@H](CN(C)Cc2cccc(C(=O)O)c2)Oc2ncc(C#C[C@@H](C)O)cc2C1=O. The third-order valence-corrected chi connectivity index (χ3v) is 6.06. The number of aliphatic hydroxyl groups excluding tert-OH is 2. The van der Waals surface area contributed by atoms with E-state index in [1.165, 1.54) is 6.20 Å². The smallest absolute Gasteiger partial charge is 0.335 e. The summed E-state index contributed by atoms with van der Waals surface area (Å²) in [5.41, 5.74) is 1.82. The van der Waals surface area contributed by atoms with Gasteiger partial charge >= 0.3 is 5.97 Å². The molecule has 9 heteroatoms. The normalized spacial score (nSPS) is 19.3. The van der Waals surface area contributed by atoms with Crippen molar-refractivity contribution in [1.82, 2.24) is 14.8 Å². The molecule has 3 N–H and O–H groups in total. The number of carbonyl (C=O) groups excluding carboxylic acids is 1. The lowest BCUT2D eigenvalue weighted by Crippen LogP contribution is -2.49. The van der Waals surface area contributed by atoms with Crippen molar-refractivity contribution in [1.29, 1.82) is 0 Å². The van der Waals surface area contributed by atoms with E-state index in [0.29, 0.717) is 25.2 Å². The van der Waals surface area contributed by atoms with Crippen molar-refractivity contribution < 1.29 is 29.6 Å². The number of hydrogen-bond donors (Lipinski definition) is 3. The monoisotopic (exact) mass is 495 g/mol. The van der Waals surface area contributed by atoms with Crippen molar-refractivity contribution in [3.63, 3.8) is 0 Å². The van der Waals surface area contributed by atoms with Gasteiger partial charge in [-0.2, -0.15) is 0 Å². The fourth-order valence-corrected chi connectivity index (χ4v) is 4.06. The van der Waals surface area contributed by atoms with E-state index in [2.05, 4.69) is 16.8 Å². The fourth-order valence-electron chi connectivity index (χ4n) is 4.06. The van der Waals surface area contributed by atoms with Crippen molar-refractivity contribution in [2.45, 2.75) is 45.6 Å². The highest BCUT2D eigenvalue weighted by molar-refractivity contribution is 5.97. The van der Waals surface area contributed by atoms with Crippen LogP contribution in [0, 0.1) is 17.8 Å². The van der Waals surface area contributed by atoms with Gasteiger partial charge in [-0.15, -0.1) is 0 Å². The predicted octanol–water partition coefficient (Wildman–Crippen LogP) is 1.86. The van der Waals surface area contributed by atoms with Crippen LogP contribution in [0.25, 0.3) is 0 Å². The number of benzene rings is 1. The van der Waals surface area contributed by atoms with E-state index in [4.69, 9.17) is 4.74 Å². The highest BCUT2D eigenvalue weighted by atomic mass is 16.5. The topological polar surface area (TPSA) is 123 Å². The molecule has 4 atom stereocenters. The maximum atomic E-state index is 13.4. The summed E-state index contributed by atoms with van der Waals surface area (Å²) in [5, 5.41) is 28.5. The lowest BCUT2D eigenvalue weighted by atomic mass is 9.99. The largest absolute Gasteiger partial charge is 0.478 e. The van der Waals surface area contributed by atoms with Crippen LogP contribution in [0.1, 0.15) is 52.6 Å². The van der Waals surface area contributed by atoms with E-state index in [9.17, 15) is 24.9 Å². The molecule has 0 saturated carbocycles. The molecule has 1 amide bonds. The molecule has 0 radical (unpaired) electrons. The Labute approximate surface area is 211 Å². The Morgan fingerprint density at radius 3 is 2.75 bits per heavy atom. The average Bonchev–Trinajstić information content (AvgIpc) is 2.84. The fraction of sp³-hybridized carbons (Fsp3) is 0.444. The van der Waals surface area contributed by atoms with Crippen LogP contribution in [0.3, 0.4) is 0 Å². The Hall–Kier alpha value is -3.45. The number of aliphatic hydroxyl groups is 2. The summed E-state index contributed by atoms with van der Waals surface area (Å²) in [6.07, 6.45) is 0.354. The third-order valence-electron chi connectivity index (χ3n) is 6.06. The number of aromatic nitrogens is 1. The lowest BCUT2D eigenvalue weighted by molar-refractivity contribution is 0.0324. The molecule has 0 saturated heterocycles. The maximum absolute atomic E-state index is 13.4. The number of amides is 1. The Morgan fingerprint density at radius 2 is 2.08 bits per heavy atom. The van der Waals surface area contributed by atoms with Crippen LogP contribution >= 0.6 is 0 Å². The van der Waals surface area contributed by atoms with Crippen molar-refractivity contribution in [2.24, 2.45) is 5.92 Å². The molecular formula is C27H33N3O6. The molecular weight excluding hydrogens is 462 g/mol. The molecule has 0 spiro atoms. The van der Waals surface area contributed by atoms with Crippen molar-refractivity contribution in [3.8, 4) is 17.7 Å². The number of rotatable bonds is 7. The second-order valence-corrected chi connectivity index (χ2v) is 9.35. The summed E-state index contributed by atoms with van der Waals surface area (Å²) in [5.74, 6) is 4.29. The first-order valence-corrected chi connectivity index (χ1v) is 11.9. The molecule has 1 aliphatic heterocycles. The standard InChI is InChI=1S/C27H33N3O6/c1-17-13-30(18(2)16-31)26(33)23-11-20(9-8-19(3)32)12-28-25(23)36-24(17)15-29(4)14-21-6-5-7-22(10-21)27(34)35/h5-7,10-12,17-19,24,31-32H,13-16H2,1-4H3,(H,34,35)/t17-,18+,19+,24-/m0/s1. The maximum Gasteiger partial charge on any atom is 0.335 e. The number of pyridine rings is 1. The van der Waals surface area contributed by atoms with Gasteiger partial charge in [0, 0.05) is 37.3 Å². The molecule has 0 aliphatic carbocycles. The van der Waals surface area contributed by atoms with Crippen LogP contribution in [-0.4, -0.2) is 87.0 Å². The van der Waals surface area contributed by atoms with Crippen LogP contribution in [0.4, 0.5) is 0 Å². The van der Waals surface area contributed by atoms with Crippen molar-refractivity contribution in [2.75, 3.05) is 26.7 Å². The number of aromatic carboxylic acids is 1. The van der Waals surface area contributed by atoms with Crippen LogP contribution < -0.4 is 4.74 Å². The zero-order valence-electron chi connectivity index (χ0n) is 21.0. The van der Waals surface area contributed by atoms with Crippen LogP contribution in [-0.2, 0) is 6.54 Å². The Kier molecular flexibility index (Phi) is 9.04. The summed E-state index contributed by atoms with van der Waals surface area (Å²) >= 11 is 0. The average molecular weight is 496 g/mol. The Morgan fingerprint density at radius 1 is 1.33 bits per heavy atom. The number of carbonyl (C=O) groups is 2. The molecule has 2 heterocycles. The Balaban J connectivity index is 1.89. The molecule has 3 rings (SSSR count). The predicted molar refractivity (Wildman–Crippen MR) is 134 cm³/mol. The first kappa shape index (κ1) is 27.1. The van der Waals surface area contributed by atoms with Crippen LogP contribution in [0.5, 0.6) is 5.88 Å². The van der Waals surface area contributed by atoms with Gasteiger partial charge in [0.1, 0.15) is 17.8 Å². The van der Waals surface area contributed by atoms with E-state index in [0.717, 1.165) is 5.56 Å². The Bertz CT molecular complexity index is 1160. The third kappa shape index (κ3) is 6.82. The zero-order chi connectivity index (χ0) is 26.4. The molecule has 192 valence electrons. The first-order valence-electron chi connectivity index (χ1n) is 11.9. The molecule has 1 aromatic carbocycles. The number of ether oxygens (including phenoxy) is 1. The van der Waals surface area contributed by atoms with Crippen molar-refractivity contribution in [3.05, 3.63) is 58.8 Å². The minimum absolute atomic E-state index is 0.0830. The van der Waals surface area contributed by atoms with Crippen LogP contribution in [0.15, 0.2) is 36.5 Å². The molecule has 0 unspecified atom stereocenters. The number of likely N-dealkylation sites (N-methyl/N-ethyl adjacent to an activating group) is 1. The molecule has 1 aromatic heterocycles. The van der Waals surface area contributed by atoms with Gasteiger partial charge in [0.05, 0.1) is 18.2 Å². The van der Waals surface area contributed by atoms with Gasteiger partial charge < -0.3 is 25.0 Å². The van der Waals surface area contributed by atoms with Gasteiger partial charge in [-0.3, -0.25) is 9.69 Å². The lowest BCUT2D eigenvalue weighted by Gasteiger charge is -2.37. The molecule has 0 bridgehead atoms. The first-order chi connectivity index (χ1) is 17.1. The summed E-state index contributed by atoms with van der Waals surface area (Å²) in [7, 11) is 1.92. The summed E-state index contributed by atoms with van der Waals surface area (Å²) in [4.78, 5) is 32.8.